The van der Waals surface area contributed by atoms with Crippen LogP contribution in [0, 0.1) is 0 Å². The second kappa shape index (κ2) is 7.56. The van der Waals surface area contributed by atoms with Crippen molar-refractivity contribution < 1.29 is 18.2 Å². The third-order valence-electron chi connectivity index (χ3n) is 4.90. The summed E-state index contributed by atoms with van der Waals surface area (Å²) in [4.78, 5) is 17.6. The Morgan fingerprint density at radius 2 is 1.66 bits per heavy atom. The maximum atomic E-state index is 12.6. The van der Waals surface area contributed by atoms with Crippen LogP contribution < -0.4 is 16.0 Å². The van der Waals surface area contributed by atoms with Crippen LogP contribution in [0.4, 0.5) is 10.6 Å². The molecule has 8 heteroatoms. The third kappa shape index (κ3) is 3.93. The number of sulfone groups is 1. The molecular weight excluding hydrogens is 388 g/mol. The van der Waals surface area contributed by atoms with Crippen molar-refractivity contribution in [3.8, 4) is 0 Å². The standard InChI is InChI=1S/C21H20N4O3S/c22-20-10-16-13-25(14-17(16)12-23-20)21(26)24-11-15-6-8-19(9-7-15)29(27,28)18-4-2-1-3-5-18/h1-10,12H,11,13-14H2,(H2,22,23)(H,24,26)/p+1. The van der Waals surface area contributed by atoms with Crippen LogP contribution in [0.15, 0.2) is 76.7 Å². The topological polar surface area (TPSA) is 107 Å². The zero-order chi connectivity index (χ0) is 20.4. The van der Waals surface area contributed by atoms with Crippen molar-refractivity contribution in [2.24, 2.45) is 0 Å². The predicted molar refractivity (Wildman–Crippen MR) is 107 cm³/mol. The first kappa shape index (κ1) is 18.9. The minimum atomic E-state index is -3.54. The van der Waals surface area contributed by atoms with Crippen molar-refractivity contribution in [2.45, 2.75) is 29.4 Å². The van der Waals surface area contributed by atoms with Gasteiger partial charge in [0.1, 0.15) is 0 Å². The van der Waals surface area contributed by atoms with Crippen molar-refractivity contribution in [3.05, 3.63) is 83.6 Å². The van der Waals surface area contributed by atoms with Gasteiger partial charge in [0.15, 0.2) is 0 Å². The molecule has 1 aliphatic heterocycles. The average molecular weight is 409 g/mol. The minimum absolute atomic E-state index is 0.180. The van der Waals surface area contributed by atoms with Crippen molar-refractivity contribution in [3.63, 3.8) is 0 Å². The van der Waals surface area contributed by atoms with Crippen LogP contribution >= 0.6 is 0 Å². The minimum Gasteiger partial charge on any atom is -0.334 e. The number of benzene rings is 2. The Morgan fingerprint density at radius 3 is 2.38 bits per heavy atom. The smallest absolute Gasteiger partial charge is 0.318 e. The van der Waals surface area contributed by atoms with Gasteiger partial charge in [-0.1, -0.05) is 30.3 Å². The van der Waals surface area contributed by atoms with Crippen LogP contribution in [0.2, 0.25) is 0 Å². The van der Waals surface area contributed by atoms with E-state index in [-0.39, 0.29) is 15.8 Å². The number of nitrogen functional groups attached to an aromatic ring is 1. The van der Waals surface area contributed by atoms with Gasteiger partial charge in [-0.25, -0.2) is 18.2 Å². The van der Waals surface area contributed by atoms with Gasteiger partial charge in [0.2, 0.25) is 9.84 Å². The quantitative estimate of drug-likeness (QED) is 0.688. The number of hydrogen-bond acceptors (Lipinski definition) is 4. The summed E-state index contributed by atoms with van der Waals surface area (Å²) < 4.78 is 25.3. The highest BCUT2D eigenvalue weighted by Crippen LogP contribution is 2.23. The summed E-state index contributed by atoms with van der Waals surface area (Å²) in [5.74, 6) is 0.566. The summed E-state index contributed by atoms with van der Waals surface area (Å²) in [5, 5.41) is 2.88. The van der Waals surface area contributed by atoms with Crippen molar-refractivity contribution in [1.29, 1.82) is 0 Å². The van der Waals surface area contributed by atoms with Gasteiger partial charge in [-0.3, -0.25) is 5.73 Å². The number of rotatable bonds is 4. The summed E-state index contributed by atoms with van der Waals surface area (Å²) in [6.45, 7) is 1.34. The number of H-pyrrole nitrogens is 1. The number of nitrogens with two attached hydrogens (primary N) is 1. The van der Waals surface area contributed by atoms with Gasteiger partial charge < -0.3 is 10.2 Å². The normalized spacial score (nSPS) is 13.2. The Kier molecular flexibility index (Phi) is 4.94. The molecule has 4 N–H and O–H groups in total. The molecule has 3 aromatic rings. The molecule has 0 aliphatic carbocycles. The van der Waals surface area contributed by atoms with E-state index >= 15 is 0 Å². The molecule has 0 fully saturated rings. The molecule has 2 amide bonds. The number of nitrogens with zero attached hydrogens (tertiary/aromatic N) is 1. The van der Waals surface area contributed by atoms with E-state index in [1.165, 1.54) is 0 Å². The van der Waals surface area contributed by atoms with Crippen LogP contribution in [-0.2, 0) is 29.5 Å². The van der Waals surface area contributed by atoms with E-state index in [2.05, 4.69) is 10.3 Å². The van der Waals surface area contributed by atoms with Crippen LogP contribution in [0.25, 0.3) is 0 Å². The number of aromatic amines is 1. The van der Waals surface area contributed by atoms with Gasteiger partial charge in [0.05, 0.1) is 22.5 Å². The maximum absolute atomic E-state index is 12.6. The molecule has 1 aromatic heterocycles. The fourth-order valence-electron chi connectivity index (χ4n) is 3.30. The Labute approximate surface area is 169 Å². The molecule has 7 nitrogen and oxygen atoms in total. The molecule has 0 saturated carbocycles. The number of anilines is 1. The Balaban J connectivity index is 1.38. The van der Waals surface area contributed by atoms with Crippen molar-refractivity contribution in [2.75, 3.05) is 5.73 Å². The Bertz CT molecular complexity index is 1150. The average Bonchev–Trinajstić information content (AvgIpc) is 3.16. The van der Waals surface area contributed by atoms with Crippen LogP contribution in [0.5, 0.6) is 0 Å². The fourth-order valence-corrected chi connectivity index (χ4v) is 4.58. The summed E-state index contributed by atoms with van der Waals surface area (Å²) in [6, 6.07) is 16.5. The second-order valence-corrected chi connectivity index (χ2v) is 8.86. The molecule has 1 aliphatic rings. The molecule has 148 valence electrons. The highest BCUT2D eigenvalue weighted by molar-refractivity contribution is 7.91. The van der Waals surface area contributed by atoms with Crippen molar-refractivity contribution >= 4 is 21.7 Å². The second-order valence-electron chi connectivity index (χ2n) is 6.91. The molecule has 4 rings (SSSR count). The number of urea groups is 1. The van der Waals surface area contributed by atoms with E-state index in [4.69, 9.17) is 5.73 Å². The van der Waals surface area contributed by atoms with Crippen molar-refractivity contribution in [1.82, 2.24) is 10.2 Å². The zero-order valence-electron chi connectivity index (χ0n) is 15.6. The lowest BCUT2D eigenvalue weighted by Gasteiger charge is -2.16. The van der Waals surface area contributed by atoms with Gasteiger partial charge >= 0.3 is 6.03 Å². The third-order valence-corrected chi connectivity index (χ3v) is 6.68. The van der Waals surface area contributed by atoms with E-state index < -0.39 is 9.84 Å². The van der Waals surface area contributed by atoms with E-state index in [1.807, 2.05) is 12.3 Å². The molecule has 0 radical (unpaired) electrons. The predicted octanol–water partition coefficient (Wildman–Crippen LogP) is 2.14. The van der Waals surface area contributed by atoms with Gasteiger partial charge in [0.25, 0.3) is 5.82 Å². The van der Waals surface area contributed by atoms with Crippen LogP contribution in [-0.4, -0.2) is 19.3 Å². The lowest BCUT2D eigenvalue weighted by Crippen LogP contribution is -2.36. The van der Waals surface area contributed by atoms with Crippen LogP contribution in [0.3, 0.4) is 0 Å². The first-order chi connectivity index (χ1) is 13.9. The summed E-state index contributed by atoms with van der Waals surface area (Å²) in [5.41, 5.74) is 8.65. The van der Waals surface area contributed by atoms with E-state index in [9.17, 15) is 13.2 Å². The molecule has 2 heterocycles. The van der Waals surface area contributed by atoms with Gasteiger partial charge in [-0.2, -0.15) is 0 Å². The molecule has 0 bridgehead atoms. The number of nitrogens with one attached hydrogen (secondary N) is 2. The Hall–Kier alpha value is -3.39. The molecule has 0 saturated heterocycles. The number of fused-ring (bicyclic) bond motifs is 1. The number of amides is 2. The zero-order valence-corrected chi connectivity index (χ0v) is 16.4. The van der Waals surface area contributed by atoms with E-state index in [0.717, 1.165) is 16.7 Å². The van der Waals surface area contributed by atoms with Crippen LogP contribution in [0.1, 0.15) is 16.7 Å². The highest BCUT2D eigenvalue weighted by Gasteiger charge is 2.24. The first-order valence-corrected chi connectivity index (χ1v) is 10.6. The molecule has 0 spiro atoms. The largest absolute Gasteiger partial charge is 0.334 e. The number of carbonyl (C=O) groups is 1. The molecule has 29 heavy (non-hydrogen) atoms. The number of pyridine rings is 1. The molecule has 2 aromatic carbocycles. The molecule has 0 unspecified atom stereocenters. The van der Waals surface area contributed by atoms with E-state index in [0.29, 0.717) is 25.5 Å². The SMILES string of the molecule is Nc1cc2c(c[nH+]1)CN(C(=O)NCc1ccc(S(=O)(=O)c3ccccc3)cc1)C2. The number of aromatic nitrogens is 1. The summed E-state index contributed by atoms with van der Waals surface area (Å²) in [7, 11) is -3.54. The molecule has 0 atom stereocenters. The molecular formula is C21H21N4O3S+. The fraction of sp³-hybridized carbons (Fsp3) is 0.143. The summed E-state index contributed by atoms with van der Waals surface area (Å²) in [6.07, 6.45) is 1.82. The van der Waals surface area contributed by atoms with Gasteiger partial charge in [-0.05, 0) is 35.4 Å². The number of hydrogen-bond donors (Lipinski definition) is 2. The number of carbonyl (C=O) groups excluding carboxylic acids is 1. The lowest BCUT2D eigenvalue weighted by atomic mass is 10.2. The van der Waals surface area contributed by atoms with Gasteiger partial charge in [0, 0.05) is 24.7 Å². The lowest BCUT2D eigenvalue weighted by molar-refractivity contribution is -0.361. The van der Waals surface area contributed by atoms with Gasteiger partial charge in [-0.15, -0.1) is 0 Å². The monoisotopic (exact) mass is 409 g/mol. The van der Waals surface area contributed by atoms with E-state index in [1.54, 1.807) is 59.5 Å². The Morgan fingerprint density at radius 1 is 1.00 bits per heavy atom. The summed E-state index contributed by atoms with van der Waals surface area (Å²) >= 11 is 0. The highest BCUT2D eigenvalue weighted by atomic mass is 32.2. The maximum Gasteiger partial charge on any atom is 0.318 e. The first-order valence-electron chi connectivity index (χ1n) is 9.14.